The molecule has 1 fully saturated rings. The van der Waals surface area contributed by atoms with Crippen molar-refractivity contribution in [1.82, 2.24) is 10.2 Å². The quantitative estimate of drug-likeness (QED) is 0.652. The fourth-order valence-corrected chi connectivity index (χ4v) is 2.51. The van der Waals surface area contributed by atoms with E-state index in [9.17, 15) is 13.2 Å². The second kappa shape index (κ2) is 4.75. The number of likely N-dealkylation sites (N-methyl/N-ethyl adjacent to an activating group) is 1. The van der Waals surface area contributed by atoms with Crippen molar-refractivity contribution in [1.29, 1.82) is 0 Å². The van der Waals surface area contributed by atoms with Crippen LogP contribution in [-0.2, 0) is 14.6 Å². The lowest BCUT2D eigenvalue weighted by Gasteiger charge is -2.26. The number of hydrogen-bond donors (Lipinski definition) is 1. The van der Waals surface area contributed by atoms with Gasteiger partial charge >= 0.3 is 0 Å². The van der Waals surface area contributed by atoms with Crippen LogP contribution in [-0.4, -0.2) is 56.9 Å². The largest absolute Gasteiger partial charge is 0.340 e. The molecule has 0 bridgehead atoms. The molecule has 1 saturated heterocycles. The lowest BCUT2D eigenvalue weighted by Crippen LogP contribution is -2.46. The molecule has 1 rings (SSSR count). The zero-order chi connectivity index (χ0) is 10.6. The van der Waals surface area contributed by atoms with Crippen LogP contribution in [0.1, 0.15) is 6.92 Å². The van der Waals surface area contributed by atoms with Gasteiger partial charge in [-0.3, -0.25) is 4.79 Å². The summed E-state index contributed by atoms with van der Waals surface area (Å²) in [6, 6.07) is 0. The molecule has 0 aromatic rings. The van der Waals surface area contributed by atoms with Gasteiger partial charge in [-0.25, -0.2) is 8.42 Å². The molecule has 1 aliphatic rings. The van der Waals surface area contributed by atoms with Gasteiger partial charge in [0, 0.05) is 13.1 Å². The monoisotopic (exact) mass is 220 g/mol. The van der Waals surface area contributed by atoms with Crippen molar-refractivity contribution in [3.8, 4) is 0 Å². The van der Waals surface area contributed by atoms with Crippen LogP contribution in [0.5, 0.6) is 0 Å². The first-order valence-electron chi connectivity index (χ1n) is 4.74. The van der Waals surface area contributed by atoms with E-state index in [2.05, 4.69) is 5.32 Å². The molecule has 6 heteroatoms. The summed E-state index contributed by atoms with van der Waals surface area (Å²) in [5.41, 5.74) is 0. The van der Waals surface area contributed by atoms with E-state index < -0.39 is 9.84 Å². The second-order valence-electron chi connectivity index (χ2n) is 3.31. The van der Waals surface area contributed by atoms with E-state index >= 15 is 0 Å². The number of nitrogens with one attached hydrogen (secondary N) is 1. The summed E-state index contributed by atoms with van der Waals surface area (Å²) in [5.74, 6) is 0.192. The molecule has 0 unspecified atom stereocenters. The summed E-state index contributed by atoms with van der Waals surface area (Å²) < 4.78 is 22.2. The Balaban J connectivity index is 2.38. The zero-order valence-electron chi connectivity index (χ0n) is 8.32. The van der Waals surface area contributed by atoms with Crippen molar-refractivity contribution < 1.29 is 13.2 Å². The van der Waals surface area contributed by atoms with Gasteiger partial charge in [0.25, 0.3) is 0 Å². The third-order valence-corrected chi connectivity index (χ3v) is 3.83. The Morgan fingerprint density at radius 2 is 1.93 bits per heavy atom. The molecule has 14 heavy (non-hydrogen) atoms. The molecule has 1 aliphatic heterocycles. The van der Waals surface area contributed by atoms with Gasteiger partial charge < -0.3 is 10.2 Å². The first-order valence-corrected chi connectivity index (χ1v) is 6.56. The third-order valence-electron chi connectivity index (χ3n) is 2.22. The predicted octanol–water partition coefficient (Wildman–Crippen LogP) is -1.15. The van der Waals surface area contributed by atoms with Crippen LogP contribution in [0.4, 0.5) is 0 Å². The predicted molar refractivity (Wildman–Crippen MR) is 53.8 cm³/mol. The van der Waals surface area contributed by atoms with E-state index in [-0.39, 0.29) is 17.4 Å². The van der Waals surface area contributed by atoms with E-state index in [1.165, 1.54) is 0 Å². The lowest BCUT2D eigenvalue weighted by molar-refractivity contribution is -0.129. The van der Waals surface area contributed by atoms with Crippen molar-refractivity contribution >= 4 is 15.7 Å². The van der Waals surface area contributed by atoms with Gasteiger partial charge in [-0.05, 0) is 6.54 Å². The number of hydrogen-bond acceptors (Lipinski definition) is 4. The maximum atomic E-state index is 11.4. The smallest absolute Gasteiger partial charge is 0.236 e. The first-order chi connectivity index (χ1) is 6.55. The highest BCUT2D eigenvalue weighted by Crippen LogP contribution is 2.03. The average Bonchev–Trinajstić information content (AvgIpc) is 2.14. The van der Waals surface area contributed by atoms with Crippen molar-refractivity contribution in [3.05, 3.63) is 0 Å². The number of carbonyl (C=O) groups excluding carboxylic acids is 1. The minimum atomic E-state index is -2.88. The Labute approximate surface area is 84.4 Å². The number of carbonyl (C=O) groups is 1. The molecule has 0 aromatic heterocycles. The van der Waals surface area contributed by atoms with E-state index in [0.29, 0.717) is 19.6 Å². The summed E-state index contributed by atoms with van der Waals surface area (Å²) in [6.07, 6.45) is 0. The fourth-order valence-electron chi connectivity index (χ4n) is 1.31. The molecule has 5 nitrogen and oxygen atoms in total. The van der Waals surface area contributed by atoms with Crippen molar-refractivity contribution in [2.75, 3.05) is 37.7 Å². The van der Waals surface area contributed by atoms with Crippen molar-refractivity contribution in [3.63, 3.8) is 0 Å². The van der Waals surface area contributed by atoms with Gasteiger partial charge in [0.1, 0.15) is 0 Å². The average molecular weight is 220 g/mol. The SMILES string of the molecule is CCNCC(=O)N1CCS(=O)(=O)CC1. The molecule has 82 valence electrons. The van der Waals surface area contributed by atoms with Gasteiger partial charge in [-0.2, -0.15) is 0 Å². The van der Waals surface area contributed by atoms with Crippen LogP contribution in [0.25, 0.3) is 0 Å². The van der Waals surface area contributed by atoms with Crippen LogP contribution in [0.15, 0.2) is 0 Å². The highest BCUT2D eigenvalue weighted by Gasteiger charge is 2.24. The topological polar surface area (TPSA) is 66.5 Å². The minimum Gasteiger partial charge on any atom is -0.340 e. The second-order valence-corrected chi connectivity index (χ2v) is 5.62. The molecule has 1 amide bonds. The maximum absolute atomic E-state index is 11.4. The summed E-state index contributed by atoms with van der Waals surface area (Å²) >= 11 is 0. The molecule has 0 aliphatic carbocycles. The molecular formula is C8H16N2O3S. The summed E-state index contributed by atoms with van der Waals surface area (Å²) in [7, 11) is -2.88. The van der Waals surface area contributed by atoms with Crippen LogP contribution < -0.4 is 5.32 Å². The Morgan fingerprint density at radius 1 is 1.36 bits per heavy atom. The van der Waals surface area contributed by atoms with E-state index in [4.69, 9.17) is 0 Å². The normalized spacial score (nSPS) is 20.8. The summed E-state index contributed by atoms with van der Waals surface area (Å²) in [5, 5.41) is 2.93. The standard InChI is InChI=1S/C8H16N2O3S/c1-2-9-7-8(11)10-3-5-14(12,13)6-4-10/h9H,2-7H2,1H3. The molecule has 0 aromatic carbocycles. The van der Waals surface area contributed by atoms with Crippen LogP contribution in [0.3, 0.4) is 0 Å². The van der Waals surface area contributed by atoms with Gasteiger partial charge in [0.05, 0.1) is 18.1 Å². The molecular weight excluding hydrogens is 204 g/mol. The van der Waals surface area contributed by atoms with E-state index in [0.717, 1.165) is 6.54 Å². The number of rotatable bonds is 3. The van der Waals surface area contributed by atoms with Gasteiger partial charge in [0.2, 0.25) is 5.91 Å². The molecule has 0 spiro atoms. The maximum Gasteiger partial charge on any atom is 0.236 e. The number of amides is 1. The highest BCUT2D eigenvalue weighted by molar-refractivity contribution is 7.91. The molecule has 1 heterocycles. The molecule has 1 N–H and O–H groups in total. The van der Waals surface area contributed by atoms with Gasteiger partial charge in [0.15, 0.2) is 9.84 Å². The summed E-state index contributed by atoms with van der Waals surface area (Å²) in [6.45, 7) is 3.65. The fraction of sp³-hybridized carbons (Fsp3) is 0.875. The molecule has 0 radical (unpaired) electrons. The number of sulfone groups is 1. The Kier molecular flexibility index (Phi) is 3.88. The highest BCUT2D eigenvalue weighted by atomic mass is 32.2. The van der Waals surface area contributed by atoms with Crippen molar-refractivity contribution in [2.45, 2.75) is 6.92 Å². The molecule has 0 saturated carbocycles. The van der Waals surface area contributed by atoms with Crippen LogP contribution in [0.2, 0.25) is 0 Å². The lowest BCUT2D eigenvalue weighted by atomic mass is 10.4. The minimum absolute atomic E-state index is 0.0123. The van der Waals surface area contributed by atoms with Crippen LogP contribution >= 0.6 is 0 Å². The Hall–Kier alpha value is -0.620. The first kappa shape index (κ1) is 11.5. The Bertz CT molecular complexity index is 286. The van der Waals surface area contributed by atoms with E-state index in [1.54, 1.807) is 4.90 Å². The Morgan fingerprint density at radius 3 is 2.43 bits per heavy atom. The zero-order valence-corrected chi connectivity index (χ0v) is 9.14. The van der Waals surface area contributed by atoms with Crippen LogP contribution in [0, 0.1) is 0 Å². The molecule has 0 atom stereocenters. The third kappa shape index (κ3) is 3.26. The van der Waals surface area contributed by atoms with Gasteiger partial charge in [-0.1, -0.05) is 6.92 Å². The van der Waals surface area contributed by atoms with E-state index in [1.807, 2.05) is 6.92 Å². The number of nitrogens with zero attached hydrogens (tertiary/aromatic N) is 1. The van der Waals surface area contributed by atoms with Gasteiger partial charge in [-0.15, -0.1) is 0 Å². The van der Waals surface area contributed by atoms with Crippen molar-refractivity contribution in [2.24, 2.45) is 0 Å². The summed E-state index contributed by atoms with van der Waals surface area (Å²) in [4.78, 5) is 13.0.